The van der Waals surface area contributed by atoms with Crippen LogP contribution >= 0.6 is 0 Å². The highest BCUT2D eigenvalue weighted by Crippen LogP contribution is 2.45. The predicted molar refractivity (Wildman–Crippen MR) is 163 cm³/mol. The van der Waals surface area contributed by atoms with E-state index in [4.69, 9.17) is 13.9 Å². The molecule has 42 heavy (non-hydrogen) atoms. The quantitative estimate of drug-likeness (QED) is 0.213. The number of aliphatic hydroxyl groups is 1. The number of ether oxygens (including phenoxy) is 2. The minimum absolute atomic E-state index is 0.220. The van der Waals surface area contributed by atoms with Crippen molar-refractivity contribution in [2.75, 3.05) is 7.11 Å². The minimum Gasteiger partial charge on any atom is -0.481 e. The second-order valence-electron chi connectivity index (χ2n) is 10.8. The standard InChI is InChI=1S/C33H42N2O6Si/c1-6-33(38,27-20-21-34-31(39-5)26(27)23-40-42(7-2,8-3)9-4)22-28(36)35-29(24-16-12-10-13-17-24)30(41-32(35)37)25-18-14-11-15-19-25/h10-21,29-30,38H,6-9,22-23H2,1-5H3/t29-,30+,33-/m1/s1. The number of hydrogen-bond acceptors (Lipinski definition) is 7. The first-order chi connectivity index (χ1) is 20.3. The lowest BCUT2D eigenvalue weighted by Crippen LogP contribution is -2.40. The highest BCUT2D eigenvalue weighted by Gasteiger charge is 2.48. The van der Waals surface area contributed by atoms with Gasteiger partial charge in [-0.1, -0.05) is 88.4 Å². The molecule has 3 aromatic rings. The molecular formula is C33H42N2O6Si. The molecule has 3 atom stereocenters. The number of rotatable bonds is 13. The van der Waals surface area contributed by atoms with Crippen molar-refractivity contribution in [1.82, 2.24) is 9.88 Å². The van der Waals surface area contributed by atoms with Crippen LogP contribution in [-0.2, 0) is 26.2 Å². The summed E-state index contributed by atoms with van der Waals surface area (Å²) in [5, 5.41) is 12.1. The summed E-state index contributed by atoms with van der Waals surface area (Å²) in [5.74, 6) is -0.177. The molecule has 2 aromatic carbocycles. The van der Waals surface area contributed by atoms with Crippen molar-refractivity contribution in [1.29, 1.82) is 0 Å². The van der Waals surface area contributed by atoms with Gasteiger partial charge in [-0.05, 0) is 47.3 Å². The SMILES string of the molecule is CC[C@@](O)(CC(=O)N1C(=O)O[C@@H](c2ccccc2)[C@H]1c1ccccc1)c1ccnc(OC)c1CO[Si](CC)(CC)CC. The van der Waals surface area contributed by atoms with Gasteiger partial charge in [-0.2, -0.15) is 0 Å². The minimum atomic E-state index is -1.98. The molecule has 4 rings (SSSR count). The molecule has 2 amide bonds. The lowest BCUT2D eigenvalue weighted by atomic mass is 9.84. The van der Waals surface area contributed by atoms with E-state index in [-0.39, 0.29) is 19.4 Å². The van der Waals surface area contributed by atoms with E-state index in [1.807, 2.05) is 67.6 Å². The number of nitrogens with zero attached hydrogens (tertiary/aromatic N) is 2. The number of carbonyl (C=O) groups excluding carboxylic acids is 2. The van der Waals surface area contributed by atoms with Gasteiger partial charge in [0.15, 0.2) is 14.4 Å². The Morgan fingerprint density at radius 3 is 2.12 bits per heavy atom. The van der Waals surface area contributed by atoms with E-state index in [9.17, 15) is 14.7 Å². The number of aromatic nitrogens is 1. The molecule has 1 aliphatic heterocycles. The van der Waals surface area contributed by atoms with E-state index in [0.717, 1.165) is 34.2 Å². The third kappa shape index (κ3) is 6.28. The molecule has 2 heterocycles. The zero-order chi connectivity index (χ0) is 30.3. The third-order valence-corrected chi connectivity index (χ3v) is 13.3. The maximum atomic E-state index is 14.1. The van der Waals surface area contributed by atoms with Crippen LogP contribution in [0.2, 0.25) is 18.1 Å². The molecule has 1 aliphatic rings. The Balaban J connectivity index is 1.70. The zero-order valence-electron chi connectivity index (χ0n) is 25.2. The number of cyclic esters (lactones) is 1. The molecule has 0 unspecified atom stereocenters. The first-order valence-electron chi connectivity index (χ1n) is 14.8. The molecule has 0 aliphatic carbocycles. The maximum absolute atomic E-state index is 14.1. The largest absolute Gasteiger partial charge is 0.481 e. The summed E-state index contributed by atoms with van der Waals surface area (Å²) in [5.41, 5.74) is 1.09. The van der Waals surface area contributed by atoms with Crippen LogP contribution in [0.25, 0.3) is 0 Å². The Morgan fingerprint density at radius 1 is 0.976 bits per heavy atom. The summed E-state index contributed by atoms with van der Waals surface area (Å²) < 4.78 is 18.0. The average molecular weight is 591 g/mol. The Bertz CT molecular complexity index is 1340. The first-order valence-corrected chi connectivity index (χ1v) is 17.3. The van der Waals surface area contributed by atoms with Crippen molar-refractivity contribution < 1.29 is 28.6 Å². The average Bonchev–Trinajstić information content (AvgIpc) is 3.39. The van der Waals surface area contributed by atoms with Crippen molar-refractivity contribution in [3.63, 3.8) is 0 Å². The number of methoxy groups -OCH3 is 1. The Morgan fingerprint density at radius 2 is 1.57 bits per heavy atom. The van der Waals surface area contributed by atoms with Gasteiger partial charge in [0.1, 0.15) is 6.04 Å². The summed E-state index contributed by atoms with van der Waals surface area (Å²) in [7, 11) is -0.446. The van der Waals surface area contributed by atoms with Gasteiger partial charge in [0.25, 0.3) is 0 Å². The summed E-state index contributed by atoms with van der Waals surface area (Å²) in [6.45, 7) is 8.50. The van der Waals surface area contributed by atoms with Crippen LogP contribution in [0.5, 0.6) is 5.88 Å². The molecule has 1 N–H and O–H groups in total. The molecule has 0 radical (unpaired) electrons. The van der Waals surface area contributed by atoms with Crippen LogP contribution in [0.1, 0.15) is 74.9 Å². The van der Waals surface area contributed by atoms with Gasteiger partial charge in [-0.15, -0.1) is 0 Å². The monoisotopic (exact) mass is 590 g/mol. The number of carbonyl (C=O) groups is 2. The predicted octanol–water partition coefficient (Wildman–Crippen LogP) is 7.06. The first kappa shape index (κ1) is 31.4. The second-order valence-corrected chi connectivity index (χ2v) is 15.6. The molecule has 0 bridgehead atoms. The van der Waals surface area contributed by atoms with Crippen LogP contribution in [0.3, 0.4) is 0 Å². The van der Waals surface area contributed by atoms with Crippen LogP contribution in [0.15, 0.2) is 72.9 Å². The highest BCUT2D eigenvalue weighted by molar-refractivity contribution is 6.73. The lowest BCUT2D eigenvalue weighted by Gasteiger charge is -2.33. The Hall–Kier alpha value is -3.53. The van der Waals surface area contributed by atoms with E-state index in [1.54, 1.807) is 12.3 Å². The Kier molecular flexibility index (Phi) is 10.2. The number of imide groups is 1. The fourth-order valence-electron chi connectivity index (χ4n) is 5.85. The van der Waals surface area contributed by atoms with Gasteiger partial charge in [0, 0.05) is 11.8 Å². The van der Waals surface area contributed by atoms with Crippen molar-refractivity contribution in [3.05, 3.63) is 95.2 Å². The number of benzene rings is 2. The third-order valence-electron chi connectivity index (χ3n) is 8.72. The smallest absolute Gasteiger partial charge is 0.417 e. The zero-order valence-corrected chi connectivity index (χ0v) is 26.2. The summed E-state index contributed by atoms with van der Waals surface area (Å²) in [4.78, 5) is 32.9. The molecule has 0 saturated carbocycles. The van der Waals surface area contributed by atoms with Crippen molar-refractivity contribution >= 4 is 20.3 Å². The molecule has 0 spiro atoms. The van der Waals surface area contributed by atoms with Crippen LogP contribution in [-0.4, -0.2) is 42.4 Å². The molecule has 224 valence electrons. The lowest BCUT2D eigenvalue weighted by molar-refractivity contribution is -0.135. The molecule has 1 fully saturated rings. The van der Waals surface area contributed by atoms with E-state index < -0.39 is 38.1 Å². The van der Waals surface area contributed by atoms with E-state index >= 15 is 0 Å². The van der Waals surface area contributed by atoms with Gasteiger partial charge in [-0.3, -0.25) is 4.79 Å². The van der Waals surface area contributed by atoms with Crippen molar-refractivity contribution in [3.8, 4) is 5.88 Å². The van der Waals surface area contributed by atoms with Crippen LogP contribution in [0, 0.1) is 0 Å². The highest BCUT2D eigenvalue weighted by atomic mass is 28.4. The molecule has 1 aromatic heterocycles. The fourth-order valence-corrected chi connectivity index (χ4v) is 8.42. The fraction of sp³-hybridized carbons (Fsp3) is 0.424. The number of pyridine rings is 1. The summed E-state index contributed by atoms with van der Waals surface area (Å²) in [6, 6.07) is 22.7. The van der Waals surface area contributed by atoms with E-state index in [2.05, 4.69) is 25.8 Å². The second kappa shape index (κ2) is 13.6. The van der Waals surface area contributed by atoms with Gasteiger partial charge >= 0.3 is 6.09 Å². The van der Waals surface area contributed by atoms with Crippen molar-refractivity contribution in [2.45, 2.75) is 83.0 Å². The van der Waals surface area contributed by atoms with Gasteiger partial charge in [-0.25, -0.2) is 14.7 Å². The summed E-state index contributed by atoms with van der Waals surface area (Å²) in [6.07, 6.45) is 0.0378. The maximum Gasteiger partial charge on any atom is 0.417 e. The van der Waals surface area contributed by atoms with Crippen LogP contribution < -0.4 is 4.74 Å². The Labute approximate surface area is 249 Å². The molecule has 9 heteroatoms. The van der Waals surface area contributed by atoms with Gasteiger partial charge in [0.05, 0.1) is 25.7 Å². The topological polar surface area (TPSA) is 98.2 Å². The molecular weight excluding hydrogens is 548 g/mol. The van der Waals surface area contributed by atoms with Crippen LogP contribution in [0.4, 0.5) is 4.79 Å². The van der Waals surface area contributed by atoms with Crippen molar-refractivity contribution in [2.24, 2.45) is 0 Å². The van der Waals surface area contributed by atoms with Gasteiger partial charge < -0.3 is 19.0 Å². The summed E-state index contributed by atoms with van der Waals surface area (Å²) >= 11 is 0. The van der Waals surface area contributed by atoms with E-state index in [1.165, 1.54) is 7.11 Å². The van der Waals surface area contributed by atoms with Gasteiger partial charge in [0.2, 0.25) is 11.8 Å². The normalized spacial score (nSPS) is 18.4. The molecule has 8 nitrogen and oxygen atoms in total. The molecule has 1 saturated heterocycles. The van der Waals surface area contributed by atoms with E-state index in [0.29, 0.717) is 17.0 Å². The number of amides is 2. The number of hydrogen-bond donors (Lipinski definition) is 1.